The fourth-order valence-electron chi connectivity index (χ4n) is 1.96. The molecule has 1 aromatic heterocycles. The van der Waals surface area contributed by atoms with Gasteiger partial charge in [0.2, 0.25) is 10.0 Å². The van der Waals surface area contributed by atoms with Crippen molar-refractivity contribution in [3.05, 3.63) is 49.6 Å². The molecule has 0 fully saturated rings. The van der Waals surface area contributed by atoms with Crippen LogP contribution in [0.25, 0.3) is 0 Å². The first kappa shape index (κ1) is 16.6. The molecule has 0 aliphatic rings. The highest BCUT2D eigenvalue weighted by Crippen LogP contribution is 2.24. The summed E-state index contributed by atoms with van der Waals surface area (Å²) in [4.78, 5) is 1.15. The van der Waals surface area contributed by atoms with Crippen molar-refractivity contribution in [2.24, 2.45) is 0 Å². The molecular formula is C14H16BrNO3S2. The molecule has 0 amide bonds. The molecule has 0 saturated carbocycles. The minimum atomic E-state index is -3.60. The van der Waals surface area contributed by atoms with Crippen molar-refractivity contribution in [3.63, 3.8) is 0 Å². The predicted octanol–water partition coefficient (Wildman–Crippen LogP) is 3.10. The molecule has 0 aliphatic carbocycles. The van der Waals surface area contributed by atoms with Crippen LogP contribution < -0.4 is 4.72 Å². The first-order chi connectivity index (χ1) is 9.83. The smallest absolute Gasteiger partial charge is 0.241 e. The molecule has 0 saturated heterocycles. The number of rotatable bonds is 5. The van der Waals surface area contributed by atoms with E-state index in [1.54, 1.807) is 13.0 Å². The zero-order valence-electron chi connectivity index (χ0n) is 11.7. The summed E-state index contributed by atoms with van der Waals surface area (Å²) in [6.45, 7) is 3.68. The van der Waals surface area contributed by atoms with Gasteiger partial charge in [0, 0.05) is 11.4 Å². The van der Waals surface area contributed by atoms with Gasteiger partial charge in [-0.1, -0.05) is 6.07 Å². The summed E-state index contributed by atoms with van der Waals surface area (Å²) >= 11 is 4.84. The lowest BCUT2D eigenvalue weighted by atomic mass is 10.1. The molecule has 1 heterocycles. The van der Waals surface area contributed by atoms with Gasteiger partial charge in [-0.05, 0) is 64.7 Å². The standard InChI is InChI=1S/C14H16BrNO3S2/c1-9-5-11(8-17)6-13(10(9)2)21(18,19)16-7-12-3-4-14(15)20-12/h3-6,16-17H,7-8H2,1-2H3. The molecule has 4 nitrogen and oxygen atoms in total. The Morgan fingerprint density at radius 2 is 2.00 bits per heavy atom. The molecule has 21 heavy (non-hydrogen) atoms. The topological polar surface area (TPSA) is 66.4 Å². The summed E-state index contributed by atoms with van der Waals surface area (Å²) in [6, 6.07) is 7.08. The van der Waals surface area contributed by atoms with Crippen molar-refractivity contribution in [3.8, 4) is 0 Å². The quantitative estimate of drug-likeness (QED) is 0.825. The molecule has 0 aliphatic heterocycles. The average molecular weight is 390 g/mol. The highest BCUT2D eigenvalue weighted by atomic mass is 79.9. The number of aliphatic hydroxyl groups excluding tert-OH is 1. The highest BCUT2D eigenvalue weighted by Gasteiger charge is 2.19. The molecule has 0 spiro atoms. The maximum absolute atomic E-state index is 12.5. The van der Waals surface area contributed by atoms with E-state index in [2.05, 4.69) is 20.7 Å². The predicted molar refractivity (Wildman–Crippen MR) is 87.9 cm³/mol. The van der Waals surface area contributed by atoms with E-state index in [-0.39, 0.29) is 18.0 Å². The Kier molecular flexibility index (Phi) is 5.21. The summed E-state index contributed by atoms with van der Waals surface area (Å²) in [5.74, 6) is 0. The number of aliphatic hydroxyl groups is 1. The van der Waals surface area contributed by atoms with E-state index in [4.69, 9.17) is 0 Å². The number of benzene rings is 1. The summed E-state index contributed by atoms with van der Waals surface area (Å²) in [5, 5.41) is 9.23. The largest absolute Gasteiger partial charge is 0.392 e. The van der Waals surface area contributed by atoms with Crippen LogP contribution in [0.1, 0.15) is 21.6 Å². The number of hydrogen-bond acceptors (Lipinski definition) is 4. The van der Waals surface area contributed by atoms with Gasteiger partial charge in [-0.3, -0.25) is 0 Å². The Morgan fingerprint density at radius 1 is 1.29 bits per heavy atom. The molecule has 2 rings (SSSR count). The molecule has 0 bridgehead atoms. The normalized spacial score (nSPS) is 11.8. The van der Waals surface area contributed by atoms with Crippen LogP contribution in [0.15, 0.2) is 32.9 Å². The van der Waals surface area contributed by atoms with Crippen molar-refractivity contribution in [1.82, 2.24) is 4.72 Å². The molecule has 0 unspecified atom stereocenters. The lowest BCUT2D eigenvalue weighted by Crippen LogP contribution is -2.24. The minimum Gasteiger partial charge on any atom is -0.392 e. The lowest BCUT2D eigenvalue weighted by Gasteiger charge is -2.12. The molecule has 2 N–H and O–H groups in total. The summed E-state index contributed by atoms with van der Waals surface area (Å²) in [5.41, 5.74) is 2.14. The monoisotopic (exact) mass is 389 g/mol. The molecule has 0 atom stereocenters. The fraction of sp³-hybridized carbons (Fsp3) is 0.286. The number of thiophene rings is 1. The van der Waals surface area contributed by atoms with Gasteiger partial charge in [0.05, 0.1) is 15.3 Å². The van der Waals surface area contributed by atoms with Crippen molar-refractivity contribution < 1.29 is 13.5 Å². The van der Waals surface area contributed by atoms with Crippen LogP contribution in [-0.2, 0) is 23.2 Å². The first-order valence-corrected chi connectivity index (χ1v) is 9.37. The van der Waals surface area contributed by atoms with Crippen LogP contribution in [0.2, 0.25) is 0 Å². The van der Waals surface area contributed by atoms with Gasteiger partial charge < -0.3 is 5.11 Å². The Hall–Kier alpha value is -0.730. The molecular weight excluding hydrogens is 374 g/mol. The van der Waals surface area contributed by atoms with Crippen molar-refractivity contribution in [2.45, 2.75) is 31.9 Å². The maximum Gasteiger partial charge on any atom is 0.241 e. The first-order valence-electron chi connectivity index (χ1n) is 6.28. The van der Waals surface area contributed by atoms with Crippen LogP contribution in [0.4, 0.5) is 0 Å². The van der Waals surface area contributed by atoms with Crippen LogP contribution in [0.5, 0.6) is 0 Å². The molecule has 1 aromatic carbocycles. The molecule has 2 aromatic rings. The summed E-state index contributed by atoms with van der Waals surface area (Å²) < 4.78 is 28.5. The van der Waals surface area contributed by atoms with Crippen LogP contribution in [-0.4, -0.2) is 13.5 Å². The van der Waals surface area contributed by atoms with Crippen LogP contribution >= 0.6 is 27.3 Å². The average Bonchev–Trinajstić information content (AvgIpc) is 2.85. The lowest BCUT2D eigenvalue weighted by molar-refractivity contribution is 0.281. The fourth-order valence-corrected chi connectivity index (χ4v) is 4.85. The number of sulfonamides is 1. The summed E-state index contributed by atoms with van der Waals surface area (Å²) in [7, 11) is -3.60. The van der Waals surface area contributed by atoms with Gasteiger partial charge >= 0.3 is 0 Å². The Morgan fingerprint density at radius 3 is 2.57 bits per heavy atom. The van der Waals surface area contributed by atoms with Crippen molar-refractivity contribution in [1.29, 1.82) is 0 Å². The van der Waals surface area contributed by atoms with Gasteiger partial charge in [0.1, 0.15) is 0 Å². The van der Waals surface area contributed by atoms with E-state index in [1.165, 1.54) is 17.4 Å². The van der Waals surface area contributed by atoms with Crippen molar-refractivity contribution in [2.75, 3.05) is 0 Å². The van der Waals surface area contributed by atoms with Gasteiger partial charge in [-0.2, -0.15) is 0 Å². The Bertz CT molecular complexity index is 754. The second-order valence-corrected chi connectivity index (χ2v) is 9.01. The second kappa shape index (κ2) is 6.58. The maximum atomic E-state index is 12.5. The zero-order valence-corrected chi connectivity index (χ0v) is 14.9. The zero-order chi connectivity index (χ0) is 15.6. The Labute approximate surface area is 137 Å². The molecule has 114 valence electrons. The third-order valence-corrected chi connectivity index (χ3v) is 6.37. The number of aryl methyl sites for hydroxylation is 1. The third kappa shape index (κ3) is 3.92. The van der Waals surface area contributed by atoms with Crippen molar-refractivity contribution >= 4 is 37.3 Å². The van der Waals surface area contributed by atoms with E-state index >= 15 is 0 Å². The van der Waals surface area contributed by atoms with Gasteiger partial charge in [0.15, 0.2) is 0 Å². The van der Waals surface area contributed by atoms with Crippen LogP contribution in [0, 0.1) is 13.8 Å². The van der Waals surface area contributed by atoms with Gasteiger partial charge in [-0.25, -0.2) is 13.1 Å². The molecule has 0 radical (unpaired) electrons. The van der Waals surface area contributed by atoms with Gasteiger partial charge in [0.25, 0.3) is 0 Å². The van der Waals surface area contributed by atoms with Crippen LogP contribution in [0.3, 0.4) is 0 Å². The summed E-state index contributed by atoms with van der Waals surface area (Å²) in [6.07, 6.45) is 0. The molecule has 7 heteroatoms. The van der Waals surface area contributed by atoms with E-state index < -0.39 is 10.0 Å². The van der Waals surface area contributed by atoms with Gasteiger partial charge in [-0.15, -0.1) is 11.3 Å². The highest BCUT2D eigenvalue weighted by molar-refractivity contribution is 9.11. The van der Waals surface area contributed by atoms with E-state index in [1.807, 2.05) is 19.1 Å². The Balaban J connectivity index is 2.29. The third-order valence-electron chi connectivity index (χ3n) is 3.22. The SMILES string of the molecule is Cc1cc(CO)cc(S(=O)(=O)NCc2ccc(Br)s2)c1C. The van der Waals surface area contributed by atoms with E-state index in [9.17, 15) is 13.5 Å². The van der Waals surface area contributed by atoms with E-state index in [0.717, 1.165) is 14.2 Å². The van der Waals surface area contributed by atoms with E-state index in [0.29, 0.717) is 11.1 Å². The number of hydrogen-bond donors (Lipinski definition) is 2. The second-order valence-electron chi connectivity index (χ2n) is 4.72. The number of nitrogens with one attached hydrogen (secondary N) is 1. The number of halogens is 1. The minimum absolute atomic E-state index is 0.179.